The number of ether oxygens (including phenoxy) is 1. The average molecular weight is 482 g/mol. The van der Waals surface area contributed by atoms with Crippen LogP contribution in [0.4, 0.5) is 10.5 Å². The molecule has 2 amide bonds. The fourth-order valence-corrected chi connectivity index (χ4v) is 2.88. The smallest absolute Gasteiger partial charge is 0.412 e. The number of aromatic hydroxyl groups is 1. The summed E-state index contributed by atoms with van der Waals surface area (Å²) in [5, 5.41) is 21.4. The first-order valence-corrected chi connectivity index (χ1v) is 9.12. The molecule has 0 aliphatic rings. The molecule has 7 nitrogen and oxygen atoms in total. The fourth-order valence-electron chi connectivity index (χ4n) is 2.37. The number of amides is 2. The van der Waals surface area contributed by atoms with E-state index in [1.807, 2.05) is 6.07 Å². The van der Waals surface area contributed by atoms with Crippen molar-refractivity contribution in [3.63, 3.8) is 0 Å². The van der Waals surface area contributed by atoms with Gasteiger partial charge in [-0.3, -0.25) is 15.3 Å². The van der Waals surface area contributed by atoms with Crippen molar-refractivity contribution in [1.29, 1.82) is 0 Å². The predicted molar refractivity (Wildman–Crippen MR) is 108 cm³/mol. The van der Waals surface area contributed by atoms with E-state index in [0.717, 1.165) is 9.65 Å². The SMILES string of the molecule is C[C@H](/C=C/C(=O)NO)[C@@H](OC(=O)Nc1ccccc1)c1cc(I)ccc1O. The van der Waals surface area contributed by atoms with Gasteiger partial charge in [0, 0.05) is 26.8 Å². The standard InChI is InChI=1S/C19H19IN2O5/c1-12(7-10-17(24)22-26)18(15-11-13(20)8-9-16(15)23)27-19(25)21-14-5-3-2-4-6-14/h2-12,18,23,26H,1H3,(H,21,25)(H,22,24)/b10-7+/t12-,18-/m1/s1. The second-order valence-electron chi connectivity index (χ2n) is 5.71. The highest BCUT2D eigenvalue weighted by molar-refractivity contribution is 14.1. The van der Waals surface area contributed by atoms with Crippen molar-refractivity contribution >= 4 is 40.3 Å². The summed E-state index contributed by atoms with van der Waals surface area (Å²) in [4.78, 5) is 23.6. The summed E-state index contributed by atoms with van der Waals surface area (Å²) in [5.41, 5.74) is 2.47. The van der Waals surface area contributed by atoms with Gasteiger partial charge < -0.3 is 9.84 Å². The number of benzene rings is 2. The van der Waals surface area contributed by atoms with E-state index < -0.39 is 24.0 Å². The molecule has 0 saturated carbocycles. The van der Waals surface area contributed by atoms with Crippen LogP contribution in [-0.2, 0) is 9.53 Å². The number of halogens is 1. The molecule has 0 bridgehead atoms. The summed E-state index contributed by atoms with van der Waals surface area (Å²) in [7, 11) is 0. The van der Waals surface area contributed by atoms with E-state index in [1.165, 1.54) is 17.6 Å². The van der Waals surface area contributed by atoms with Crippen molar-refractivity contribution in [3.05, 3.63) is 69.8 Å². The third-order valence-electron chi connectivity index (χ3n) is 3.69. The molecule has 8 heteroatoms. The molecule has 0 saturated heterocycles. The molecule has 27 heavy (non-hydrogen) atoms. The zero-order chi connectivity index (χ0) is 19.8. The molecule has 2 aromatic rings. The van der Waals surface area contributed by atoms with Crippen LogP contribution in [0.3, 0.4) is 0 Å². The van der Waals surface area contributed by atoms with E-state index in [2.05, 4.69) is 27.9 Å². The van der Waals surface area contributed by atoms with Crippen LogP contribution >= 0.6 is 22.6 Å². The van der Waals surface area contributed by atoms with Crippen molar-refractivity contribution in [2.45, 2.75) is 13.0 Å². The highest BCUT2D eigenvalue weighted by Gasteiger charge is 2.25. The number of carbonyl (C=O) groups is 2. The number of nitrogens with one attached hydrogen (secondary N) is 2. The van der Waals surface area contributed by atoms with Gasteiger partial charge in [-0.15, -0.1) is 0 Å². The number of rotatable bonds is 6. The Morgan fingerprint density at radius 1 is 1.19 bits per heavy atom. The van der Waals surface area contributed by atoms with Crippen LogP contribution in [0.2, 0.25) is 0 Å². The first kappa shape index (κ1) is 20.7. The summed E-state index contributed by atoms with van der Waals surface area (Å²) in [6.45, 7) is 1.72. The van der Waals surface area contributed by atoms with Crippen molar-refractivity contribution in [1.82, 2.24) is 5.48 Å². The van der Waals surface area contributed by atoms with Gasteiger partial charge in [0.2, 0.25) is 0 Å². The van der Waals surface area contributed by atoms with Gasteiger partial charge in [-0.2, -0.15) is 0 Å². The zero-order valence-electron chi connectivity index (χ0n) is 14.4. The molecular formula is C19H19IN2O5. The lowest BCUT2D eigenvalue weighted by atomic mass is 9.96. The maximum Gasteiger partial charge on any atom is 0.412 e. The highest BCUT2D eigenvalue weighted by Crippen LogP contribution is 2.34. The number of hydroxylamine groups is 1. The largest absolute Gasteiger partial charge is 0.508 e. The van der Waals surface area contributed by atoms with Crippen molar-refractivity contribution < 1.29 is 24.6 Å². The minimum absolute atomic E-state index is 0.0280. The van der Waals surface area contributed by atoms with Gasteiger partial charge in [0.05, 0.1) is 0 Å². The third kappa shape index (κ3) is 6.26. The second-order valence-corrected chi connectivity index (χ2v) is 6.96. The van der Waals surface area contributed by atoms with Gasteiger partial charge >= 0.3 is 6.09 Å². The molecule has 2 rings (SSSR count). The minimum atomic E-state index is -0.855. The number of carbonyl (C=O) groups excluding carboxylic acids is 2. The van der Waals surface area contributed by atoms with Gasteiger partial charge in [-0.05, 0) is 52.9 Å². The Labute approximate surface area is 170 Å². The molecular weight excluding hydrogens is 463 g/mol. The van der Waals surface area contributed by atoms with Crippen LogP contribution < -0.4 is 10.8 Å². The van der Waals surface area contributed by atoms with Gasteiger partial charge in [0.15, 0.2) is 0 Å². The van der Waals surface area contributed by atoms with Crippen LogP contribution in [0.5, 0.6) is 5.75 Å². The van der Waals surface area contributed by atoms with Crippen LogP contribution in [0.1, 0.15) is 18.6 Å². The molecule has 0 unspecified atom stereocenters. The normalized spacial score (nSPS) is 13.0. The molecule has 0 aromatic heterocycles. The molecule has 0 spiro atoms. The number of para-hydroxylation sites is 1. The van der Waals surface area contributed by atoms with Crippen LogP contribution in [0.15, 0.2) is 60.7 Å². The quantitative estimate of drug-likeness (QED) is 0.216. The fraction of sp³-hybridized carbons (Fsp3) is 0.158. The zero-order valence-corrected chi connectivity index (χ0v) is 16.6. The lowest BCUT2D eigenvalue weighted by Crippen LogP contribution is -2.22. The van der Waals surface area contributed by atoms with Crippen LogP contribution in [0.25, 0.3) is 0 Å². The summed E-state index contributed by atoms with van der Waals surface area (Å²) in [6, 6.07) is 13.7. The Hall–Kier alpha value is -2.59. The Bertz CT molecular complexity index is 826. The molecule has 4 N–H and O–H groups in total. The molecule has 0 heterocycles. The van der Waals surface area contributed by atoms with Gasteiger partial charge in [0.1, 0.15) is 11.9 Å². The highest BCUT2D eigenvalue weighted by atomic mass is 127. The molecule has 2 aromatic carbocycles. The molecule has 0 aliphatic heterocycles. The van der Waals surface area contributed by atoms with Crippen molar-refractivity contribution in [2.75, 3.05) is 5.32 Å². The van der Waals surface area contributed by atoms with E-state index in [9.17, 15) is 14.7 Å². The van der Waals surface area contributed by atoms with Crippen molar-refractivity contribution in [2.24, 2.45) is 5.92 Å². The number of phenolic OH excluding ortho intramolecular Hbond substituents is 1. The lowest BCUT2D eigenvalue weighted by Gasteiger charge is -2.23. The average Bonchev–Trinajstić information content (AvgIpc) is 2.66. The first-order chi connectivity index (χ1) is 12.9. The summed E-state index contributed by atoms with van der Waals surface area (Å²) in [6.07, 6.45) is 1.05. The molecule has 0 aliphatic carbocycles. The van der Waals surface area contributed by atoms with E-state index in [1.54, 1.807) is 43.3 Å². The van der Waals surface area contributed by atoms with Crippen LogP contribution in [-0.4, -0.2) is 22.3 Å². The topological polar surface area (TPSA) is 108 Å². The number of phenols is 1. The molecule has 2 atom stereocenters. The Balaban J connectivity index is 2.26. The lowest BCUT2D eigenvalue weighted by molar-refractivity contribution is -0.124. The van der Waals surface area contributed by atoms with E-state index in [0.29, 0.717) is 11.3 Å². The van der Waals surface area contributed by atoms with Crippen LogP contribution in [0, 0.1) is 9.49 Å². The summed E-state index contributed by atoms with van der Waals surface area (Å²) < 4.78 is 6.39. The number of hydrogen-bond acceptors (Lipinski definition) is 5. The van der Waals surface area contributed by atoms with Gasteiger partial charge in [0.25, 0.3) is 5.91 Å². The maximum absolute atomic E-state index is 12.3. The molecule has 0 fully saturated rings. The third-order valence-corrected chi connectivity index (χ3v) is 4.36. The van der Waals surface area contributed by atoms with E-state index >= 15 is 0 Å². The van der Waals surface area contributed by atoms with Crippen molar-refractivity contribution in [3.8, 4) is 5.75 Å². The number of anilines is 1. The predicted octanol–water partition coefficient (Wildman–Crippen LogP) is 3.98. The molecule has 142 valence electrons. The Morgan fingerprint density at radius 3 is 2.56 bits per heavy atom. The Kier molecular flexibility index (Phi) is 7.62. The molecule has 0 radical (unpaired) electrons. The second kappa shape index (κ2) is 9.93. The number of hydrogen-bond donors (Lipinski definition) is 4. The van der Waals surface area contributed by atoms with Gasteiger partial charge in [-0.25, -0.2) is 10.3 Å². The maximum atomic E-state index is 12.3. The summed E-state index contributed by atoms with van der Waals surface area (Å²) >= 11 is 2.09. The monoisotopic (exact) mass is 482 g/mol. The summed E-state index contributed by atoms with van der Waals surface area (Å²) in [5.74, 6) is -1.20. The van der Waals surface area contributed by atoms with Gasteiger partial charge in [-0.1, -0.05) is 31.2 Å². The first-order valence-electron chi connectivity index (χ1n) is 8.04. The minimum Gasteiger partial charge on any atom is -0.508 e. The van der Waals surface area contributed by atoms with E-state index in [4.69, 9.17) is 9.94 Å². The Morgan fingerprint density at radius 2 is 1.89 bits per heavy atom. The van der Waals surface area contributed by atoms with E-state index in [-0.39, 0.29) is 5.75 Å².